The van der Waals surface area contributed by atoms with Crippen LogP contribution in [0.15, 0.2) is 36.1 Å². The second-order valence-corrected chi connectivity index (χ2v) is 11.5. The van der Waals surface area contributed by atoms with Crippen LogP contribution < -0.4 is 0 Å². The number of amides is 1. The van der Waals surface area contributed by atoms with Crippen molar-refractivity contribution in [1.82, 2.24) is 19.6 Å². The van der Waals surface area contributed by atoms with Gasteiger partial charge in [-0.3, -0.25) is 9.48 Å². The maximum absolute atomic E-state index is 14.9. The van der Waals surface area contributed by atoms with Gasteiger partial charge < -0.3 is 24.4 Å². The maximum atomic E-state index is 14.9. The Labute approximate surface area is 246 Å². The Bertz CT molecular complexity index is 1370. The average molecular weight is 582 g/mol. The first-order chi connectivity index (χ1) is 20.0. The highest BCUT2D eigenvalue weighted by atomic mass is 19.1. The van der Waals surface area contributed by atoms with Gasteiger partial charge in [0, 0.05) is 32.1 Å². The predicted octanol–water partition coefficient (Wildman–Crippen LogP) is 4.14. The van der Waals surface area contributed by atoms with Crippen LogP contribution in [-0.4, -0.2) is 88.3 Å². The van der Waals surface area contributed by atoms with Crippen molar-refractivity contribution in [3.05, 3.63) is 47.4 Å². The molecule has 0 spiro atoms. The summed E-state index contributed by atoms with van der Waals surface area (Å²) in [7, 11) is 2.02. The van der Waals surface area contributed by atoms with Crippen LogP contribution in [0.2, 0.25) is 0 Å². The Balaban J connectivity index is 1.60. The molecule has 0 aliphatic carbocycles. The van der Waals surface area contributed by atoms with E-state index in [0.717, 1.165) is 13.1 Å². The fraction of sp³-hybridized carbons (Fsp3) is 0.548. The van der Waals surface area contributed by atoms with Crippen LogP contribution >= 0.6 is 0 Å². The molecule has 1 saturated heterocycles. The lowest BCUT2D eigenvalue weighted by molar-refractivity contribution is -0.151. The number of aliphatic hydroxyl groups is 1. The molecule has 11 heteroatoms. The van der Waals surface area contributed by atoms with Gasteiger partial charge in [0.25, 0.3) is 0 Å². The number of carbonyl (C=O) groups is 2. The summed E-state index contributed by atoms with van der Waals surface area (Å²) in [4.78, 5) is 29.7. The molecule has 2 aliphatic heterocycles. The third-order valence-corrected chi connectivity index (χ3v) is 8.05. The molecule has 0 unspecified atom stereocenters. The number of hydrogen-bond acceptors (Lipinski definition) is 8. The van der Waals surface area contributed by atoms with Crippen LogP contribution in [0.4, 0.5) is 9.18 Å². The second-order valence-electron chi connectivity index (χ2n) is 11.5. The Hall–Kier alpha value is -3.75. The summed E-state index contributed by atoms with van der Waals surface area (Å²) in [5.74, 6) is -1.41. The average Bonchev–Trinajstić information content (AvgIpc) is 3.35. The number of likely N-dealkylation sites (N-methyl/N-ethyl adjacent to an activating group) is 1. The minimum atomic E-state index is -0.894. The molecule has 4 rings (SSSR count). The molecular weight excluding hydrogens is 541 g/mol. The maximum Gasteiger partial charge on any atom is 0.410 e. The fourth-order valence-corrected chi connectivity index (χ4v) is 5.41. The van der Waals surface area contributed by atoms with Gasteiger partial charge in [-0.05, 0) is 62.1 Å². The minimum Gasteiger partial charge on any atom is -0.457 e. The van der Waals surface area contributed by atoms with Gasteiger partial charge in [0.2, 0.25) is 0 Å². The highest BCUT2D eigenvalue weighted by Gasteiger charge is 2.29. The number of nitriles is 1. The fourth-order valence-electron chi connectivity index (χ4n) is 5.41. The highest BCUT2D eigenvalue weighted by molar-refractivity contribution is 5.82. The molecule has 2 aromatic rings. The van der Waals surface area contributed by atoms with Crippen LogP contribution in [0.5, 0.6) is 0 Å². The zero-order valence-electron chi connectivity index (χ0n) is 24.7. The Morgan fingerprint density at radius 3 is 2.69 bits per heavy atom. The van der Waals surface area contributed by atoms with Gasteiger partial charge in [-0.2, -0.15) is 10.4 Å². The largest absolute Gasteiger partial charge is 0.457 e. The van der Waals surface area contributed by atoms with Crippen molar-refractivity contribution in [3.8, 4) is 6.07 Å². The lowest BCUT2D eigenvalue weighted by atomic mass is 9.91. The molecular formula is C31H40FN5O5. The van der Waals surface area contributed by atoms with E-state index < -0.39 is 30.1 Å². The number of cyclic esters (lactones) is 1. The van der Waals surface area contributed by atoms with Crippen molar-refractivity contribution < 1.29 is 28.6 Å². The van der Waals surface area contributed by atoms with Crippen molar-refractivity contribution in [3.63, 3.8) is 0 Å². The summed E-state index contributed by atoms with van der Waals surface area (Å²) < 4.78 is 28.1. The smallest absolute Gasteiger partial charge is 0.410 e. The number of hydrogen-bond donors (Lipinski definition) is 1. The number of halogens is 1. The van der Waals surface area contributed by atoms with Crippen LogP contribution in [0.1, 0.15) is 45.6 Å². The molecule has 42 heavy (non-hydrogen) atoms. The van der Waals surface area contributed by atoms with E-state index in [1.54, 1.807) is 24.0 Å². The number of carbonyl (C=O) groups excluding carboxylic acids is 2. The molecule has 226 valence electrons. The van der Waals surface area contributed by atoms with Crippen molar-refractivity contribution >= 4 is 29.0 Å². The van der Waals surface area contributed by atoms with Gasteiger partial charge in [0.05, 0.1) is 35.7 Å². The van der Waals surface area contributed by atoms with E-state index in [-0.39, 0.29) is 30.9 Å². The Morgan fingerprint density at radius 2 is 1.98 bits per heavy atom. The van der Waals surface area contributed by atoms with Gasteiger partial charge in [0.1, 0.15) is 24.6 Å². The number of esters is 1. The predicted molar refractivity (Wildman–Crippen MR) is 155 cm³/mol. The van der Waals surface area contributed by atoms with E-state index in [2.05, 4.69) is 10.00 Å². The molecule has 1 fully saturated rings. The third-order valence-electron chi connectivity index (χ3n) is 8.05. The summed E-state index contributed by atoms with van der Waals surface area (Å²) in [5, 5.41) is 24.1. The Kier molecular flexibility index (Phi) is 10.4. The molecule has 10 nitrogen and oxygen atoms in total. The number of nitrogens with zero attached hydrogens (tertiary/aromatic N) is 5. The van der Waals surface area contributed by atoms with E-state index in [0.29, 0.717) is 48.0 Å². The quantitative estimate of drug-likeness (QED) is 0.423. The van der Waals surface area contributed by atoms with Gasteiger partial charge in [-0.1, -0.05) is 26.0 Å². The van der Waals surface area contributed by atoms with E-state index in [4.69, 9.17) is 14.7 Å². The monoisotopic (exact) mass is 581 g/mol. The Morgan fingerprint density at radius 1 is 1.24 bits per heavy atom. The molecule has 3 heterocycles. The first kappa shape index (κ1) is 31.2. The lowest BCUT2D eigenvalue weighted by Gasteiger charge is -2.33. The van der Waals surface area contributed by atoms with Gasteiger partial charge in [0.15, 0.2) is 0 Å². The first-order valence-electron chi connectivity index (χ1n) is 14.5. The number of aromatic nitrogens is 2. The number of ether oxygens (including phenoxy) is 2. The number of rotatable bonds is 4. The molecule has 1 N–H and O–H groups in total. The van der Waals surface area contributed by atoms with Crippen LogP contribution in [-0.2, 0) is 20.8 Å². The molecule has 0 bridgehead atoms. The zero-order valence-corrected chi connectivity index (χ0v) is 24.7. The van der Waals surface area contributed by atoms with Crippen LogP contribution in [0, 0.1) is 29.0 Å². The van der Waals surface area contributed by atoms with Gasteiger partial charge >= 0.3 is 12.1 Å². The zero-order chi connectivity index (χ0) is 30.4. The van der Waals surface area contributed by atoms with E-state index in [9.17, 15) is 19.1 Å². The molecule has 2 aliphatic rings. The third kappa shape index (κ3) is 7.75. The van der Waals surface area contributed by atoms with Crippen molar-refractivity contribution in [2.75, 3.05) is 33.2 Å². The molecule has 0 saturated carbocycles. The van der Waals surface area contributed by atoms with Crippen LogP contribution in [0.25, 0.3) is 17.0 Å². The summed E-state index contributed by atoms with van der Waals surface area (Å²) in [6.07, 6.45) is 5.13. The first-order valence-corrected chi connectivity index (χ1v) is 14.5. The lowest BCUT2D eigenvalue weighted by Crippen LogP contribution is -2.48. The molecule has 5 atom stereocenters. The van der Waals surface area contributed by atoms with E-state index in [1.807, 2.05) is 39.1 Å². The number of piperazine rings is 1. The normalized spacial score (nSPS) is 27.5. The number of aliphatic hydroxyl groups excluding tert-OH is 1. The van der Waals surface area contributed by atoms with Crippen molar-refractivity contribution in [2.24, 2.45) is 11.8 Å². The summed E-state index contributed by atoms with van der Waals surface area (Å²) in [6.45, 7) is 8.41. The minimum absolute atomic E-state index is 0.0154. The van der Waals surface area contributed by atoms with E-state index >= 15 is 0 Å². The molecule has 1 amide bonds. The van der Waals surface area contributed by atoms with Gasteiger partial charge in [-0.15, -0.1) is 0 Å². The molecule has 0 radical (unpaired) electrons. The topological polar surface area (TPSA) is 121 Å². The van der Waals surface area contributed by atoms with E-state index in [1.165, 1.54) is 16.9 Å². The SMILES string of the molecule is C/C(=C\c1cc(F)c2cnn(CC#N)c2c1)[C@H]1OC(=O)C[C@H](O)CC[C@H](C)[C@@H](OC(=O)N2CCN(C)CC2)/C=C\[C@@H]1C. The molecule has 1 aromatic heterocycles. The summed E-state index contributed by atoms with van der Waals surface area (Å²) >= 11 is 0. The van der Waals surface area contributed by atoms with Crippen LogP contribution in [0.3, 0.4) is 0 Å². The summed E-state index contributed by atoms with van der Waals surface area (Å²) in [6, 6.07) is 5.14. The summed E-state index contributed by atoms with van der Waals surface area (Å²) in [5.41, 5.74) is 1.68. The number of benzene rings is 1. The van der Waals surface area contributed by atoms with Crippen molar-refractivity contribution in [1.29, 1.82) is 5.26 Å². The highest BCUT2D eigenvalue weighted by Crippen LogP contribution is 2.27. The van der Waals surface area contributed by atoms with Gasteiger partial charge in [-0.25, -0.2) is 9.18 Å². The molecule has 1 aromatic carbocycles. The van der Waals surface area contributed by atoms with Crippen molar-refractivity contribution in [2.45, 2.75) is 64.9 Å². The second kappa shape index (κ2) is 13.9. The number of fused-ring (bicyclic) bond motifs is 1. The standard InChI is InChI=1S/C31H40FN5O5/c1-20-5-7-24(38)18-29(39)42-30(21(2)6-8-28(20)41-31(40)36-13-11-35(4)12-14-36)22(3)15-23-16-26(32)25-19-34-37(10-9-33)27(25)17-23/h6,8,15-17,19-21,24,28,30,38H,5,7,10-14,18H2,1-4H3/b8-6-,22-15+/t20-,21-,24+,28-,30-/m0/s1.